The van der Waals surface area contributed by atoms with Crippen molar-refractivity contribution < 1.29 is 4.59 Å². The Morgan fingerprint density at radius 2 is 1.00 bits per heavy atom. The van der Waals surface area contributed by atoms with Crippen LogP contribution in [0.5, 0.6) is 0 Å². The lowest BCUT2D eigenvalue weighted by Crippen LogP contribution is -2.50. The first-order valence-electron chi connectivity index (χ1n) is 12.3. The van der Waals surface area contributed by atoms with Gasteiger partial charge in [0.15, 0.2) is 0 Å². The molecule has 0 aromatic heterocycles. The van der Waals surface area contributed by atoms with E-state index in [0.29, 0.717) is 4.59 Å². The normalized spacial score (nSPS) is 13.5. The lowest BCUT2D eigenvalue weighted by Gasteiger charge is -2.28. The van der Waals surface area contributed by atoms with E-state index in [-0.39, 0.29) is 0 Å². The van der Waals surface area contributed by atoms with Crippen LogP contribution in [0.15, 0.2) is 30.3 Å². The Labute approximate surface area is 176 Å². The molecule has 0 saturated carbocycles. The molecule has 0 aliphatic carbocycles. The minimum atomic E-state index is 0.614. The highest BCUT2D eigenvalue weighted by molar-refractivity contribution is 5.13. The Morgan fingerprint density at radius 3 is 1.43 bits per heavy atom. The highest BCUT2D eigenvalue weighted by atomic mass is 15.6. The van der Waals surface area contributed by atoms with E-state index in [1.807, 2.05) is 0 Å². The van der Waals surface area contributed by atoms with E-state index in [0.717, 1.165) is 13.1 Å². The SMILES string of the molecule is CCCCCCCCCCCCCCCCCC[N+](C)(N)Cc1ccccc1. The Balaban J connectivity index is 1.83. The molecule has 0 aliphatic heterocycles. The minimum Gasteiger partial charge on any atom is -0.247 e. The highest BCUT2D eigenvalue weighted by Crippen LogP contribution is 2.14. The van der Waals surface area contributed by atoms with Crippen LogP contribution in [-0.4, -0.2) is 18.2 Å². The second-order valence-corrected chi connectivity index (χ2v) is 9.15. The van der Waals surface area contributed by atoms with Crippen molar-refractivity contribution in [2.75, 3.05) is 13.6 Å². The van der Waals surface area contributed by atoms with E-state index >= 15 is 0 Å². The molecule has 0 saturated heterocycles. The van der Waals surface area contributed by atoms with E-state index in [9.17, 15) is 0 Å². The van der Waals surface area contributed by atoms with Gasteiger partial charge in [0.1, 0.15) is 6.54 Å². The number of hydrogen-bond acceptors (Lipinski definition) is 1. The van der Waals surface area contributed by atoms with Gasteiger partial charge in [0.2, 0.25) is 0 Å². The molecule has 1 rings (SSSR count). The molecule has 2 N–H and O–H groups in total. The zero-order valence-electron chi connectivity index (χ0n) is 19.1. The van der Waals surface area contributed by atoms with Crippen LogP contribution in [0.25, 0.3) is 0 Å². The maximum Gasteiger partial charge on any atom is 0.121 e. The Kier molecular flexibility index (Phi) is 15.3. The highest BCUT2D eigenvalue weighted by Gasteiger charge is 2.16. The molecule has 2 heteroatoms. The van der Waals surface area contributed by atoms with Crippen LogP contribution in [0.1, 0.15) is 115 Å². The van der Waals surface area contributed by atoms with E-state index < -0.39 is 0 Å². The molecule has 1 unspecified atom stereocenters. The molecule has 28 heavy (non-hydrogen) atoms. The summed E-state index contributed by atoms with van der Waals surface area (Å²) in [6.45, 7) is 4.30. The van der Waals surface area contributed by atoms with Crippen LogP contribution in [-0.2, 0) is 6.54 Å². The first kappa shape index (κ1) is 25.2. The Hall–Kier alpha value is -0.860. The van der Waals surface area contributed by atoms with Crippen LogP contribution in [0.3, 0.4) is 0 Å². The molecule has 0 amide bonds. The van der Waals surface area contributed by atoms with Gasteiger partial charge in [-0.1, -0.05) is 127 Å². The van der Waals surface area contributed by atoms with Gasteiger partial charge in [-0.25, -0.2) is 4.59 Å². The number of hydrogen-bond donors (Lipinski definition) is 1. The third kappa shape index (κ3) is 15.1. The van der Waals surface area contributed by atoms with Crippen LogP contribution in [0.4, 0.5) is 0 Å². The van der Waals surface area contributed by atoms with Crippen molar-refractivity contribution in [3.63, 3.8) is 0 Å². The fourth-order valence-corrected chi connectivity index (χ4v) is 4.10. The Bertz CT molecular complexity index is 441. The monoisotopic (exact) mass is 389 g/mol. The molecular weight excluding hydrogens is 340 g/mol. The molecule has 162 valence electrons. The van der Waals surface area contributed by atoms with Gasteiger partial charge >= 0.3 is 0 Å². The summed E-state index contributed by atoms with van der Waals surface area (Å²) in [4.78, 5) is 0. The summed E-state index contributed by atoms with van der Waals surface area (Å²) in [5.41, 5.74) is 1.34. The van der Waals surface area contributed by atoms with Crippen LogP contribution < -0.4 is 5.84 Å². The number of quaternary nitrogens is 1. The average molecular weight is 390 g/mol. The fraction of sp³-hybridized carbons (Fsp3) is 0.769. The third-order valence-corrected chi connectivity index (χ3v) is 5.91. The first-order valence-corrected chi connectivity index (χ1v) is 12.3. The summed E-state index contributed by atoms with van der Waals surface area (Å²) in [6.07, 6.45) is 22.7. The molecule has 0 bridgehead atoms. The van der Waals surface area contributed by atoms with Crippen LogP contribution in [0.2, 0.25) is 0 Å². The molecule has 1 aromatic rings. The summed E-state index contributed by atoms with van der Waals surface area (Å²) in [6, 6.07) is 10.6. The predicted octanol–water partition coefficient (Wildman–Crippen LogP) is 7.77. The fourth-order valence-electron chi connectivity index (χ4n) is 4.10. The van der Waals surface area contributed by atoms with Crippen LogP contribution in [0, 0.1) is 0 Å². The van der Waals surface area contributed by atoms with Crippen molar-refractivity contribution in [1.29, 1.82) is 0 Å². The summed E-state index contributed by atoms with van der Waals surface area (Å²) in [5, 5.41) is 0. The third-order valence-electron chi connectivity index (χ3n) is 5.91. The number of benzene rings is 1. The average Bonchev–Trinajstić information content (AvgIpc) is 2.68. The molecule has 1 atom stereocenters. The number of nitrogens with two attached hydrogens (primary N) is 1. The van der Waals surface area contributed by atoms with Gasteiger partial charge in [-0.3, -0.25) is 0 Å². The molecule has 2 nitrogen and oxygen atoms in total. The van der Waals surface area contributed by atoms with Crippen molar-refractivity contribution >= 4 is 0 Å². The smallest absolute Gasteiger partial charge is 0.121 e. The van der Waals surface area contributed by atoms with E-state index in [1.165, 1.54) is 108 Å². The van der Waals surface area contributed by atoms with Crippen molar-refractivity contribution in [1.82, 2.24) is 0 Å². The van der Waals surface area contributed by atoms with Gasteiger partial charge in [0, 0.05) is 5.56 Å². The molecule has 0 fully saturated rings. The van der Waals surface area contributed by atoms with Crippen molar-refractivity contribution in [2.24, 2.45) is 5.84 Å². The molecule has 0 heterocycles. The second-order valence-electron chi connectivity index (χ2n) is 9.15. The lowest BCUT2D eigenvalue weighted by molar-refractivity contribution is -0.934. The zero-order valence-corrected chi connectivity index (χ0v) is 19.1. The lowest BCUT2D eigenvalue weighted by atomic mass is 10.0. The van der Waals surface area contributed by atoms with E-state index in [2.05, 4.69) is 44.3 Å². The van der Waals surface area contributed by atoms with Crippen LogP contribution >= 0.6 is 0 Å². The maximum atomic E-state index is 6.45. The van der Waals surface area contributed by atoms with Gasteiger partial charge in [-0.05, 0) is 12.8 Å². The molecular formula is C26H49N2+. The number of unbranched alkanes of at least 4 members (excludes halogenated alkanes) is 15. The topological polar surface area (TPSA) is 26.0 Å². The van der Waals surface area contributed by atoms with Crippen molar-refractivity contribution in [3.8, 4) is 0 Å². The standard InChI is InChI=1S/C26H49N2/c1-3-4-5-6-7-8-9-10-11-12-13-14-15-16-17-21-24-28(2,27)25-26-22-19-18-20-23-26/h18-20,22-23H,3-17,21,24-25,27H2,1-2H3/q+1. The van der Waals surface area contributed by atoms with E-state index in [4.69, 9.17) is 5.84 Å². The molecule has 0 radical (unpaired) electrons. The van der Waals surface area contributed by atoms with E-state index in [1.54, 1.807) is 0 Å². The zero-order chi connectivity index (χ0) is 20.3. The molecule has 0 spiro atoms. The first-order chi connectivity index (χ1) is 13.6. The predicted molar refractivity (Wildman–Crippen MR) is 125 cm³/mol. The van der Waals surface area contributed by atoms with Gasteiger partial charge < -0.3 is 0 Å². The van der Waals surface area contributed by atoms with Gasteiger partial charge in [-0.15, -0.1) is 0 Å². The summed E-state index contributed by atoms with van der Waals surface area (Å²) >= 11 is 0. The number of rotatable bonds is 19. The Morgan fingerprint density at radius 1 is 0.607 bits per heavy atom. The number of nitrogens with zero attached hydrogens (tertiary/aromatic N) is 1. The van der Waals surface area contributed by atoms with Crippen molar-refractivity contribution in [2.45, 2.75) is 116 Å². The summed E-state index contributed by atoms with van der Waals surface area (Å²) in [5.74, 6) is 6.45. The minimum absolute atomic E-state index is 0.614. The largest absolute Gasteiger partial charge is 0.247 e. The van der Waals surface area contributed by atoms with Crippen molar-refractivity contribution in [3.05, 3.63) is 35.9 Å². The quantitative estimate of drug-likeness (QED) is 0.111. The van der Waals surface area contributed by atoms with Gasteiger partial charge in [-0.2, -0.15) is 5.84 Å². The van der Waals surface area contributed by atoms with Gasteiger partial charge in [0.25, 0.3) is 0 Å². The van der Waals surface area contributed by atoms with Gasteiger partial charge in [0.05, 0.1) is 13.6 Å². The summed E-state index contributed by atoms with van der Waals surface area (Å²) < 4.78 is 0.614. The second kappa shape index (κ2) is 17.0. The molecule has 1 aromatic carbocycles. The summed E-state index contributed by atoms with van der Waals surface area (Å²) in [7, 11) is 2.15. The molecule has 0 aliphatic rings. The maximum absolute atomic E-state index is 6.45.